The van der Waals surface area contributed by atoms with Crippen LogP contribution < -0.4 is 0 Å². The zero-order valence-electron chi connectivity index (χ0n) is 42.9. The van der Waals surface area contributed by atoms with Gasteiger partial charge in [0.1, 0.15) is 11.9 Å². The first-order valence-corrected chi connectivity index (χ1v) is 25.4. The molecule has 0 saturated heterocycles. The summed E-state index contributed by atoms with van der Waals surface area (Å²) in [6, 6.07) is 0. The summed E-state index contributed by atoms with van der Waals surface area (Å²) in [6.45, 7) is 20.6. The normalized spacial score (nSPS) is 11.3. The summed E-state index contributed by atoms with van der Waals surface area (Å²) in [6.07, 6.45) is 28.4. The van der Waals surface area contributed by atoms with Gasteiger partial charge < -0.3 is 33.4 Å². The van der Waals surface area contributed by atoms with E-state index in [1.54, 1.807) is 14.0 Å². The molecule has 0 aliphatic carbocycles. The Kier molecular flexibility index (Phi) is 56.8. The molecule has 1 unspecified atom stereocenters. The van der Waals surface area contributed by atoms with Crippen molar-refractivity contribution in [2.75, 3.05) is 54.2 Å². The second-order valence-corrected chi connectivity index (χ2v) is 16.3. The molecule has 63 heavy (non-hydrogen) atoms. The van der Waals surface area contributed by atoms with Crippen molar-refractivity contribution < 1.29 is 47.7 Å². The molecule has 0 aliphatic rings. The standard InChI is InChI=1S/C30H53NO7.C18H36O3.2C2H6/c1-6-7-8-9-12-15-18-27(33)36-23-16-13-10-11-14-17-24-37-29(35)25-30(20-22-32,26(2)3)38-28(34)19-21-31(4)5;1-3-4-5-6-9-12-15-18(19)21-17-14-11-8-7-10-13-16-20-2;2*1-2/h22H,2,6-21,23-25H2,1,3-5H3;3-17H2,1-2H3;2*1-2H3. The Morgan fingerprint density at radius 3 is 1.21 bits per heavy atom. The lowest BCUT2D eigenvalue weighted by Gasteiger charge is -2.32. The number of hydrogen-bond donors (Lipinski definition) is 0. The molecule has 0 rings (SSSR count). The lowest BCUT2D eigenvalue weighted by Crippen LogP contribution is -2.40. The van der Waals surface area contributed by atoms with E-state index in [2.05, 4.69) is 20.4 Å². The van der Waals surface area contributed by atoms with Gasteiger partial charge in [-0.1, -0.05) is 164 Å². The highest BCUT2D eigenvalue weighted by molar-refractivity contribution is 5.76. The van der Waals surface area contributed by atoms with Crippen LogP contribution in [-0.2, 0) is 47.7 Å². The Bertz CT molecular complexity index is 1050. The SMILES string of the molecule is C=C(C)C(CC=O)(CC(=O)OCCCCCCCCOC(=O)CCCCCCCC)OC(=O)CCN(C)C.CC.CC.CCCCCCCCC(=O)OCCCCCCCCOC. The maximum Gasteiger partial charge on any atom is 0.310 e. The van der Waals surface area contributed by atoms with Crippen molar-refractivity contribution in [2.24, 2.45) is 0 Å². The summed E-state index contributed by atoms with van der Waals surface area (Å²) in [5.41, 5.74) is -0.937. The zero-order chi connectivity index (χ0) is 48.2. The number of rotatable bonds is 41. The predicted octanol–water partition coefficient (Wildman–Crippen LogP) is 13.3. The van der Waals surface area contributed by atoms with Crippen LogP contribution in [0.3, 0.4) is 0 Å². The van der Waals surface area contributed by atoms with E-state index in [4.69, 9.17) is 23.7 Å². The maximum absolute atomic E-state index is 12.5. The van der Waals surface area contributed by atoms with Gasteiger partial charge in [-0.2, -0.15) is 0 Å². The van der Waals surface area contributed by atoms with Gasteiger partial charge in [-0.3, -0.25) is 19.2 Å². The second-order valence-electron chi connectivity index (χ2n) is 16.3. The van der Waals surface area contributed by atoms with E-state index in [-0.39, 0.29) is 37.8 Å². The summed E-state index contributed by atoms with van der Waals surface area (Å²) in [4.78, 5) is 61.1. The molecule has 11 heteroatoms. The molecule has 0 amide bonds. The smallest absolute Gasteiger partial charge is 0.310 e. The van der Waals surface area contributed by atoms with Gasteiger partial charge >= 0.3 is 23.9 Å². The number of hydrogen-bond acceptors (Lipinski definition) is 11. The van der Waals surface area contributed by atoms with Crippen molar-refractivity contribution >= 4 is 30.2 Å². The average Bonchev–Trinajstić information content (AvgIpc) is 3.27. The van der Waals surface area contributed by atoms with Gasteiger partial charge in [-0.25, -0.2) is 0 Å². The van der Waals surface area contributed by atoms with E-state index in [9.17, 15) is 24.0 Å². The summed E-state index contributed by atoms with van der Waals surface area (Å²) in [5.74, 6) is -1.10. The van der Waals surface area contributed by atoms with Gasteiger partial charge in [0.25, 0.3) is 0 Å². The second kappa shape index (κ2) is 53.5. The Labute approximate surface area is 388 Å². The molecule has 1 atom stereocenters. The Balaban J connectivity index is -0.000000587. The third kappa shape index (κ3) is 50.1. The topological polar surface area (TPSA) is 135 Å². The number of aldehydes is 1. The molecule has 0 N–H and O–H groups in total. The van der Waals surface area contributed by atoms with E-state index in [1.165, 1.54) is 70.6 Å². The predicted molar refractivity (Wildman–Crippen MR) is 261 cm³/mol. The number of ether oxygens (including phenoxy) is 5. The number of unbranched alkanes of at least 4 members (excludes halogenated alkanes) is 20. The van der Waals surface area contributed by atoms with E-state index in [1.807, 2.05) is 46.7 Å². The van der Waals surface area contributed by atoms with Crippen molar-refractivity contribution in [1.29, 1.82) is 0 Å². The summed E-state index contributed by atoms with van der Waals surface area (Å²) < 4.78 is 26.5. The van der Waals surface area contributed by atoms with E-state index < -0.39 is 17.5 Å². The van der Waals surface area contributed by atoms with Crippen molar-refractivity contribution in [1.82, 2.24) is 4.90 Å². The van der Waals surface area contributed by atoms with Crippen LogP contribution in [0.1, 0.15) is 235 Å². The van der Waals surface area contributed by atoms with Gasteiger partial charge in [-0.05, 0) is 65.1 Å². The molecule has 0 aromatic carbocycles. The van der Waals surface area contributed by atoms with Crippen molar-refractivity contribution in [2.45, 2.75) is 240 Å². The highest BCUT2D eigenvalue weighted by Crippen LogP contribution is 2.29. The first-order chi connectivity index (χ1) is 30.5. The molecule has 0 heterocycles. The van der Waals surface area contributed by atoms with Crippen molar-refractivity contribution in [3.8, 4) is 0 Å². The Hall–Kier alpha value is -2.79. The zero-order valence-corrected chi connectivity index (χ0v) is 42.9. The van der Waals surface area contributed by atoms with Gasteiger partial charge in [-0.15, -0.1) is 0 Å². The first-order valence-electron chi connectivity index (χ1n) is 25.4. The molecule has 374 valence electrons. The fraction of sp³-hybridized carbons (Fsp3) is 0.865. The van der Waals surface area contributed by atoms with Gasteiger partial charge in [0, 0.05) is 39.5 Å². The minimum Gasteiger partial charge on any atom is -0.466 e. The van der Waals surface area contributed by atoms with E-state index in [0.29, 0.717) is 44.5 Å². The van der Waals surface area contributed by atoms with Crippen LogP contribution in [0.15, 0.2) is 12.2 Å². The molecule has 0 aromatic rings. The fourth-order valence-corrected chi connectivity index (χ4v) is 6.33. The number of carbonyl (C=O) groups excluding carboxylic acids is 5. The quantitative estimate of drug-likeness (QED) is 0.0191. The maximum atomic E-state index is 12.5. The molecular formula is C52H101NO10. The first kappa shape index (κ1) is 66.8. The average molecular weight is 900 g/mol. The lowest BCUT2D eigenvalue weighted by atomic mass is 9.88. The van der Waals surface area contributed by atoms with Gasteiger partial charge in [0.2, 0.25) is 0 Å². The van der Waals surface area contributed by atoms with Gasteiger partial charge in [0.05, 0.1) is 32.7 Å². The largest absolute Gasteiger partial charge is 0.466 e. The molecule has 0 bridgehead atoms. The van der Waals surface area contributed by atoms with Crippen LogP contribution in [-0.4, -0.2) is 94.8 Å². The molecule has 0 aromatic heterocycles. The Morgan fingerprint density at radius 2 is 0.857 bits per heavy atom. The highest BCUT2D eigenvalue weighted by Gasteiger charge is 2.38. The highest BCUT2D eigenvalue weighted by atomic mass is 16.6. The van der Waals surface area contributed by atoms with Crippen LogP contribution in [0.4, 0.5) is 0 Å². The van der Waals surface area contributed by atoms with E-state index in [0.717, 1.165) is 90.1 Å². The van der Waals surface area contributed by atoms with Crippen LogP contribution in [0.25, 0.3) is 0 Å². The fourth-order valence-electron chi connectivity index (χ4n) is 6.33. The van der Waals surface area contributed by atoms with E-state index >= 15 is 0 Å². The number of methoxy groups -OCH3 is 1. The van der Waals surface area contributed by atoms with Gasteiger partial charge in [0.15, 0.2) is 0 Å². The monoisotopic (exact) mass is 900 g/mol. The van der Waals surface area contributed by atoms with Crippen molar-refractivity contribution in [3.63, 3.8) is 0 Å². The van der Waals surface area contributed by atoms with Crippen LogP contribution >= 0.6 is 0 Å². The molecule has 0 saturated carbocycles. The number of nitrogens with zero attached hydrogens (tertiary/aromatic N) is 1. The summed E-state index contributed by atoms with van der Waals surface area (Å²) in [5, 5.41) is 0. The molecular weight excluding hydrogens is 799 g/mol. The minimum atomic E-state index is -1.37. The van der Waals surface area contributed by atoms with Crippen LogP contribution in [0.5, 0.6) is 0 Å². The third-order valence-electron chi connectivity index (χ3n) is 10.2. The van der Waals surface area contributed by atoms with Crippen molar-refractivity contribution in [3.05, 3.63) is 12.2 Å². The molecule has 11 nitrogen and oxygen atoms in total. The third-order valence-corrected chi connectivity index (χ3v) is 10.2. The van der Waals surface area contributed by atoms with Crippen LogP contribution in [0, 0.1) is 0 Å². The summed E-state index contributed by atoms with van der Waals surface area (Å²) in [7, 11) is 5.44. The molecule has 0 radical (unpaired) electrons. The molecule has 0 spiro atoms. The lowest BCUT2D eigenvalue weighted by molar-refractivity contribution is -0.163. The number of carbonyl (C=O) groups is 5. The minimum absolute atomic E-state index is 0.00872. The number of esters is 4. The summed E-state index contributed by atoms with van der Waals surface area (Å²) >= 11 is 0. The molecule has 0 aliphatic heterocycles. The Morgan fingerprint density at radius 1 is 0.508 bits per heavy atom. The molecule has 0 fully saturated rings. The van der Waals surface area contributed by atoms with Crippen LogP contribution in [0.2, 0.25) is 0 Å².